The van der Waals surface area contributed by atoms with E-state index in [0.29, 0.717) is 25.3 Å². The van der Waals surface area contributed by atoms with Crippen LogP contribution < -0.4 is 5.32 Å². The molecule has 2 rings (SSSR count). The summed E-state index contributed by atoms with van der Waals surface area (Å²) in [5, 5.41) is 2.51. The van der Waals surface area contributed by atoms with Gasteiger partial charge in [0, 0.05) is 45.5 Å². The fourth-order valence-electron chi connectivity index (χ4n) is 2.58. The molecule has 1 fully saturated rings. The standard InChI is InChI=1S/C14H24N4O3S/c1-14(2)10-18(7-6-17(14)5)22(20,21)11-8-12(13(19)15-3)16(4)9-11/h8-9H,6-7,10H2,1-5H3,(H,15,19). The normalized spacial score (nSPS) is 20.0. The predicted octanol–water partition coefficient (Wildman–Crippen LogP) is 0.0994. The second kappa shape index (κ2) is 5.68. The number of sulfonamides is 1. The van der Waals surface area contributed by atoms with E-state index in [2.05, 4.69) is 10.2 Å². The van der Waals surface area contributed by atoms with Gasteiger partial charge >= 0.3 is 0 Å². The Morgan fingerprint density at radius 1 is 1.27 bits per heavy atom. The maximum atomic E-state index is 12.8. The molecule has 0 atom stereocenters. The van der Waals surface area contributed by atoms with Crippen LogP contribution in [-0.4, -0.2) is 67.4 Å². The number of piperazine rings is 1. The van der Waals surface area contributed by atoms with Crippen molar-refractivity contribution in [3.63, 3.8) is 0 Å². The van der Waals surface area contributed by atoms with Gasteiger partial charge < -0.3 is 9.88 Å². The van der Waals surface area contributed by atoms with E-state index in [1.807, 2.05) is 20.9 Å². The number of hydrogen-bond acceptors (Lipinski definition) is 4. The van der Waals surface area contributed by atoms with Gasteiger partial charge in [0.05, 0.1) is 0 Å². The van der Waals surface area contributed by atoms with Crippen LogP contribution in [0, 0.1) is 0 Å². The third kappa shape index (κ3) is 2.90. The smallest absolute Gasteiger partial charge is 0.267 e. The molecule has 22 heavy (non-hydrogen) atoms. The van der Waals surface area contributed by atoms with Crippen molar-refractivity contribution in [3.05, 3.63) is 18.0 Å². The molecule has 0 aliphatic carbocycles. The Labute approximate surface area is 131 Å². The zero-order chi connectivity index (χ0) is 16.7. The second-order valence-corrected chi connectivity index (χ2v) is 8.26. The molecule has 0 aromatic carbocycles. The average molecular weight is 328 g/mol. The number of aromatic nitrogens is 1. The van der Waals surface area contributed by atoms with Gasteiger partial charge in [0.25, 0.3) is 5.91 Å². The van der Waals surface area contributed by atoms with E-state index in [-0.39, 0.29) is 16.3 Å². The molecule has 0 unspecified atom stereocenters. The number of amides is 1. The summed E-state index contributed by atoms with van der Waals surface area (Å²) >= 11 is 0. The third-order valence-electron chi connectivity index (χ3n) is 4.36. The van der Waals surface area contributed by atoms with Gasteiger partial charge in [0.1, 0.15) is 10.6 Å². The van der Waals surface area contributed by atoms with E-state index in [1.165, 1.54) is 28.2 Å². The molecule has 1 saturated heterocycles. The summed E-state index contributed by atoms with van der Waals surface area (Å²) in [7, 11) is 1.59. The molecule has 8 heteroatoms. The molecule has 1 aliphatic rings. The Hall–Kier alpha value is -1.38. The van der Waals surface area contributed by atoms with Crippen molar-refractivity contribution in [2.24, 2.45) is 7.05 Å². The molecule has 0 saturated carbocycles. The molecule has 1 aromatic rings. The largest absolute Gasteiger partial charge is 0.354 e. The number of likely N-dealkylation sites (N-methyl/N-ethyl adjacent to an activating group) is 1. The summed E-state index contributed by atoms with van der Waals surface area (Å²) in [6, 6.07) is 1.43. The quantitative estimate of drug-likeness (QED) is 0.854. The Morgan fingerprint density at radius 2 is 1.91 bits per heavy atom. The Morgan fingerprint density at radius 3 is 2.45 bits per heavy atom. The number of carbonyl (C=O) groups is 1. The Balaban J connectivity index is 2.34. The number of aryl methyl sites for hydroxylation is 1. The highest BCUT2D eigenvalue weighted by Crippen LogP contribution is 2.25. The molecule has 2 heterocycles. The van der Waals surface area contributed by atoms with Crippen LogP contribution in [0.4, 0.5) is 0 Å². The minimum Gasteiger partial charge on any atom is -0.354 e. The van der Waals surface area contributed by atoms with Gasteiger partial charge in [0.2, 0.25) is 10.0 Å². The van der Waals surface area contributed by atoms with Crippen LogP contribution in [0.5, 0.6) is 0 Å². The van der Waals surface area contributed by atoms with Crippen LogP contribution in [0.25, 0.3) is 0 Å². The predicted molar refractivity (Wildman–Crippen MR) is 84.3 cm³/mol. The molecule has 0 radical (unpaired) electrons. The fraction of sp³-hybridized carbons (Fsp3) is 0.643. The van der Waals surface area contributed by atoms with Crippen molar-refractivity contribution in [3.8, 4) is 0 Å². The number of nitrogens with zero attached hydrogens (tertiary/aromatic N) is 3. The monoisotopic (exact) mass is 328 g/mol. The van der Waals surface area contributed by atoms with Crippen LogP contribution in [-0.2, 0) is 17.1 Å². The van der Waals surface area contributed by atoms with E-state index < -0.39 is 10.0 Å². The van der Waals surface area contributed by atoms with Crippen LogP contribution in [0.15, 0.2) is 17.2 Å². The summed E-state index contributed by atoms with van der Waals surface area (Å²) in [5.41, 5.74) is 0.110. The molecule has 1 N–H and O–H groups in total. The molecular formula is C14H24N4O3S. The molecule has 7 nitrogen and oxygen atoms in total. The Kier molecular flexibility index (Phi) is 4.38. The van der Waals surface area contributed by atoms with E-state index in [9.17, 15) is 13.2 Å². The van der Waals surface area contributed by atoms with Crippen LogP contribution in [0.3, 0.4) is 0 Å². The highest BCUT2D eigenvalue weighted by molar-refractivity contribution is 7.89. The fourth-order valence-corrected chi connectivity index (χ4v) is 4.24. The number of rotatable bonds is 3. The maximum absolute atomic E-state index is 12.8. The van der Waals surface area contributed by atoms with Gasteiger partial charge in [0.15, 0.2) is 0 Å². The van der Waals surface area contributed by atoms with Crippen molar-refractivity contribution in [1.82, 2.24) is 19.1 Å². The maximum Gasteiger partial charge on any atom is 0.267 e. The minimum absolute atomic E-state index is 0.161. The van der Waals surface area contributed by atoms with E-state index in [4.69, 9.17) is 0 Å². The van der Waals surface area contributed by atoms with Crippen molar-refractivity contribution >= 4 is 15.9 Å². The SMILES string of the molecule is CNC(=O)c1cc(S(=O)(=O)N2CCN(C)C(C)(C)C2)cn1C. The first kappa shape index (κ1) is 17.0. The van der Waals surface area contributed by atoms with Gasteiger partial charge in [-0.2, -0.15) is 4.31 Å². The van der Waals surface area contributed by atoms with Crippen LogP contribution >= 0.6 is 0 Å². The molecule has 0 bridgehead atoms. The number of hydrogen-bond donors (Lipinski definition) is 1. The first-order chi connectivity index (χ1) is 10.1. The van der Waals surface area contributed by atoms with Gasteiger partial charge in [-0.1, -0.05) is 0 Å². The van der Waals surface area contributed by atoms with Crippen molar-refractivity contribution in [2.75, 3.05) is 33.7 Å². The highest BCUT2D eigenvalue weighted by atomic mass is 32.2. The highest BCUT2D eigenvalue weighted by Gasteiger charge is 2.37. The number of carbonyl (C=O) groups excluding carboxylic acids is 1. The van der Waals surface area contributed by atoms with E-state index in [0.717, 1.165) is 0 Å². The van der Waals surface area contributed by atoms with Gasteiger partial charge in [-0.15, -0.1) is 0 Å². The molecular weight excluding hydrogens is 304 g/mol. The first-order valence-corrected chi connectivity index (χ1v) is 8.63. The van der Waals surface area contributed by atoms with Crippen molar-refractivity contribution < 1.29 is 13.2 Å². The zero-order valence-electron chi connectivity index (χ0n) is 13.8. The van der Waals surface area contributed by atoms with Crippen molar-refractivity contribution in [1.29, 1.82) is 0 Å². The lowest BCUT2D eigenvalue weighted by Gasteiger charge is -2.44. The summed E-state index contributed by atoms with van der Waals surface area (Å²) in [6.07, 6.45) is 1.49. The lowest BCUT2D eigenvalue weighted by atomic mass is 10.0. The minimum atomic E-state index is -3.59. The second-order valence-electron chi connectivity index (χ2n) is 6.32. The van der Waals surface area contributed by atoms with E-state index >= 15 is 0 Å². The topological polar surface area (TPSA) is 74.7 Å². The number of nitrogens with one attached hydrogen (secondary N) is 1. The average Bonchev–Trinajstić information content (AvgIpc) is 2.83. The van der Waals surface area contributed by atoms with E-state index in [1.54, 1.807) is 7.05 Å². The lowest BCUT2D eigenvalue weighted by Crippen LogP contribution is -2.58. The molecule has 1 aromatic heterocycles. The third-order valence-corrected chi connectivity index (χ3v) is 6.17. The van der Waals surface area contributed by atoms with Gasteiger partial charge in [-0.25, -0.2) is 8.42 Å². The van der Waals surface area contributed by atoms with Crippen LogP contribution in [0.2, 0.25) is 0 Å². The summed E-state index contributed by atoms with van der Waals surface area (Å²) in [4.78, 5) is 14.1. The first-order valence-electron chi connectivity index (χ1n) is 7.19. The molecule has 1 aliphatic heterocycles. The summed E-state index contributed by atoms with van der Waals surface area (Å²) < 4.78 is 28.7. The summed E-state index contributed by atoms with van der Waals surface area (Å²) in [5.74, 6) is -0.303. The molecule has 1 amide bonds. The molecule has 124 valence electrons. The van der Waals surface area contributed by atoms with Crippen LogP contribution in [0.1, 0.15) is 24.3 Å². The zero-order valence-corrected chi connectivity index (χ0v) is 14.6. The van der Waals surface area contributed by atoms with Gasteiger partial charge in [-0.3, -0.25) is 9.69 Å². The van der Waals surface area contributed by atoms with Gasteiger partial charge in [-0.05, 0) is 27.0 Å². The lowest BCUT2D eigenvalue weighted by molar-refractivity contribution is 0.0801. The summed E-state index contributed by atoms with van der Waals surface area (Å²) in [6.45, 7) is 5.61. The molecule has 0 spiro atoms. The Bertz CT molecular complexity index is 678. The van der Waals surface area contributed by atoms with Crippen molar-refractivity contribution in [2.45, 2.75) is 24.3 Å².